The van der Waals surface area contributed by atoms with Gasteiger partial charge < -0.3 is 10.4 Å². The van der Waals surface area contributed by atoms with Crippen LogP contribution in [0.4, 0.5) is 0 Å². The molecule has 0 bridgehead atoms. The summed E-state index contributed by atoms with van der Waals surface area (Å²) in [6.45, 7) is 1.77. The monoisotopic (exact) mass is 133 g/mol. The van der Waals surface area contributed by atoms with Crippen molar-refractivity contribution in [1.82, 2.24) is 5.32 Å². The molecule has 1 aliphatic heterocycles. The van der Waals surface area contributed by atoms with Gasteiger partial charge in [0.1, 0.15) is 0 Å². The fraction of sp³-hybridized carbons (Fsp3) is 1.00. The normalized spacial score (nSPS) is 39.8. The molecule has 0 amide bonds. The van der Waals surface area contributed by atoms with Crippen LogP contribution in [0.3, 0.4) is 0 Å². The van der Waals surface area contributed by atoms with E-state index in [4.69, 9.17) is 5.11 Å². The molecule has 0 saturated carbocycles. The van der Waals surface area contributed by atoms with Crippen LogP contribution in [-0.2, 0) is 0 Å². The van der Waals surface area contributed by atoms with Gasteiger partial charge in [0.25, 0.3) is 0 Å². The Morgan fingerprint density at radius 1 is 1.62 bits per heavy atom. The van der Waals surface area contributed by atoms with Crippen molar-refractivity contribution in [2.75, 3.05) is 13.1 Å². The Morgan fingerprint density at radius 2 is 2.38 bits per heavy atom. The highest BCUT2D eigenvalue weighted by Gasteiger charge is 2.17. The van der Waals surface area contributed by atoms with E-state index in [0.717, 1.165) is 19.5 Å². The first kappa shape index (κ1) is 6.39. The number of hydrogen-bond donors (Lipinski definition) is 3. The highest BCUT2D eigenvalue weighted by atomic mass is 32.1. The Balaban J connectivity index is 2.28. The summed E-state index contributed by atoms with van der Waals surface area (Å²) in [7, 11) is 0. The molecule has 3 heteroatoms. The quantitative estimate of drug-likeness (QED) is 0.394. The highest BCUT2D eigenvalue weighted by Crippen LogP contribution is 2.07. The second kappa shape index (κ2) is 2.71. The number of piperidine rings is 1. The zero-order valence-electron chi connectivity index (χ0n) is 4.67. The first-order valence-corrected chi connectivity index (χ1v) is 3.39. The van der Waals surface area contributed by atoms with Crippen LogP contribution in [0.15, 0.2) is 0 Å². The van der Waals surface area contributed by atoms with Gasteiger partial charge in [-0.15, -0.1) is 0 Å². The van der Waals surface area contributed by atoms with Crippen molar-refractivity contribution in [2.45, 2.75) is 17.8 Å². The number of aliphatic hydroxyl groups excluding tert-OH is 1. The fourth-order valence-corrected chi connectivity index (χ4v) is 1.11. The van der Waals surface area contributed by atoms with Crippen molar-refractivity contribution in [2.24, 2.45) is 0 Å². The summed E-state index contributed by atoms with van der Waals surface area (Å²) in [6.07, 6.45) is 0.647. The van der Waals surface area contributed by atoms with Crippen molar-refractivity contribution in [3.8, 4) is 0 Å². The summed E-state index contributed by atoms with van der Waals surface area (Å²) in [6, 6.07) is 0. The summed E-state index contributed by atoms with van der Waals surface area (Å²) in [5.74, 6) is 0. The van der Waals surface area contributed by atoms with Gasteiger partial charge in [0.05, 0.1) is 6.10 Å². The number of thiol groups is 1. The molecule has 0 aromatic carbocycles. The van der Waals surface area contributed by atoms with E-state index in [0.29, 0.717) is 0 Å². The number of nitrogens with one attached hydrogen (secondary N) is 1. The van der Waals surface area contributed by atoms with Crippen LogP contribution in [0.1, 0.15) is 6.42 Å². The summed E-state index contributed by atoms with van der Waals surface area (Å²) in [5, 5.41) is 12.3. The van der Waals surface area contributed by atoms with Gasteiger partial charge in [-0.2, -0.15) is 12.6 Å². The van der Waals surface area contributed by atoms with Crippen LogP contribution in [-0.4, -0.2) is 29.5 Å². The lowest BCUT2D eigenvalue weighted by Gasteiger charge is -2.23. The molecule has 0 radical (unpaired) electrons. The van der Waals surface area contributed by atoms with Crippen molar-refractivity contribution in [1.29, 1.82) is 0 Å². The maximum absolute atomic E-state index is 9.06. The van der Waals surface area contributed by atoms with Crippen LogP contribution >= 0.6 is 12.6 Å². The van der Waals surface area contributed by atoms with E-state index >= 15 is 0 Å². The van der Waals surface area contributed by atoms with E-state index in [9.17, 15) is 0 Å². The van der Waals surface area contributed by atoms with E-state index in [1.54, 1.807) is 0 Å². The molecule has 1 aliphatic rings. The van der Waals surface area contributed by atoms with Gasteiger partial charge in [0.2, 0.25) is 0 Å². The van der Waals surface area contributed by atoms with Crippen molar-refractivity contribution in [3.63, 3.8) is 0 Å². The third-order valence-electron chi connectivity index (χ3n) is 1.41. The molecule has 0 aliphatic carbocycles. The largest absolute Gasteiger partial charge is 0.392 e. The van der Waals surface area contributed by atoms with Crippen LogP contribution in [0.2, 0.25) is 0 Å². The van der Waals surface area contributed by atoms with Crippen LogP contribution in [0.25, 0.3) is 0 Å². The van der Waals surface area contributed by atoms with Crippen LogP contribution in [0.5, 0.6) is 0 Å². The average molecular weight is 133 g/mol. The molecule has 1 rings (SSSR count). The Hall–Kier alpha value is 0.270. The smallest absolute Gasteiger partial charge is 0.0680 e. The van der Waals surface area contributed by atoms with Gasteiger partial charge in [-0.3, -0.25) is 0 Å². The second-order valence-electron chi connectivity index (χ2n) is 2.13. The van der Waals surface area contributed by atoms with Crippen molar-refractivity contribution < 1.29 is 5.11 Å². The predicted molar refractivity (Wildman–Crippen MR) is 36.3 cm³/mol. The van der Waals surface area contributed by atoms with E-state index < -0.39 is 0 Å². The topological polar surface area (TPSA) is 32.3 Å². The first-order chi connectivity index (χ1) is 3.80. The summed E-state index contributed by atoms with van der Waals surface area (Å²) < 4.78 is 0. The lowest BCUT2D eigenvalue weighted by atomic mass is 10.1. The van der Waals surface area contributed by atoms with E-state index in [1.165, 1.54) is 0 Å². The van der Waals surface area contributed by atoms with E-state index in [-0.39, 0.29) is 11.4 Å². The first-order valence-electron chi connectivity index (χ1n) is 2.87. The minimum Gasteiger partial charge on any atom is -0.392 e. The fourth-order valence-electron chi connectivity index (χ4n) is 0.828. The third kappa shape index (κ3) is 1.37. The molecule has 0 aromatic heterocycles. The average Bonchev–Trinajstić information content (AvgIpc) is 1.77. The Morgan fingerprint density at radius 3 is 2.75 bits per heavy atom. The summed E-state index contributed by atoms with van der Waals surface area (Å²) in [5.41, 5.74) is 0. The van der Waals surface area contributed by atoms with Gasteiger partial charge >= 0.3 is 0 Å². The number of hydrogen-bond acceptors (Lipinski definition) is 3. The molecule has 1 saturated heterocycles. The zero-order valence-corrected chi connectivity index (χ0v) is 5.56. The van der Waals surface area contributed by atoms with Gasteiger partial charge in [-0.1, -0.05) is 0 Å². The van der Waals surface area contributed by atoms with Gasteiger partial charge in [-0.05, 0) is 13.0 Å². The minimum atomic E-state index is -0.195. The van der Waals surface area contributed by atoms with Crippen molar-refractivity contribution >= 4 is 12.6 Å². The molecule has 1 fully saturated rings. The summed E-state index contributed by atoms with van der Waals surface area (Å²) in [4.78, 5) is 0. The predicted octanol–water partition coefficient (Wildman–Crippen LogP) is -0.361. The zero-order chi connectivity index (χ0) is 5.98. The SMILES string of the molecule is OC1CCNCC1S. The van der Waals surface area contributed by atoms with Gasteiger partial charge in [0.15, 0.2) is 0 Å². The Bertz CT molecular complexity index is 68.8. The summed E-state index contributed by atoms with van der Waals surface area (Å²) >= 11 is 4.14. The van der Waals surface area contributed by atoms with Crippen LogP contribution in [0, 0.1) is 0 Å². The molecule has 2 nitrogen and oxygen atoms in total. The van der Waals surface area contributed by atoms with Crippen molar-refractivity contribution in [3.05, 3.63) is 0 Å². The minimum absolute atomic E-state index is 0.142. The molecule has 8 heavy (non-hydrogen) atoms. The maximum atomic E-state index is 9.06. The molecule has 2 N–H and O–H groups in total. The van der Waals surface area contributed by atoms with E-state index in [1.807, 2.05) is 0 Å². The Kier molecular flexibility index (Phi) is 2.16. The molecular formula is C5H11NOS. The third-order valence-corrected chi connectivity index (χ3v) is 1.94. The maximum Gasteiger partial charge on any atom is 0.0680 e. The molecular weight excluding hydrogens is 122 g/mol. The lowest BCUT2D eigenvalue weighted by Crippen LogP contribution is -2.40. The van der Waals surface area contributed by atoms with Gasteiger partial charge in [-0.25, -0.2) is 0 Å². The lowest BCUT2D eigenvalue weighted by molar-refractivity contribution is 0.144. The van der Waals surface area contributed by atoms with Gasteiger partial charge in [0, 0.05) is 11.8 Å². The Labute approximate surface area is 54.7 Å². The molecule has 2 unspecified atom stereocenters. The molecule has 0 aromatic rings. The standard InChI is InChI=1S/C5H11NOS/c7-4-1-2-6-3-5(4)8/h4-8H,1-3H2. The molecule has 2 atom stereocenters. The van der Waals surface area contributed by atoms with Crippen LogP contribution < -0.4 is 5.32 Å². The molecule has 48 valence electrons. The van der Waals surface area contributed by atoms with E-state index in [2.05, 4.69) is 17.9 Å². The second-order valence-corrected chi connectivity index (χ2v) is 2.79. The molecule has 0 spiro atoms. The molecule has 1 heterocycles. The number of rotatable bonds is 0. The number of aliphatic hydroxyl groups is 1. The highest BCUT2D eigenvalue weighted by molar-refractivity contribution is 7.81.